The van der Waals surface area contributed by atoms with Crippen molar-refractivity contribution in [3.8, 4) is 0 Å². The Morgan fingerprint density at radius 3 is 2.64 bits per heavy atom. The molecule has 0 saturated heterocycles. The van der Waals surface area contributed by atoms with Gasteiger partial charge in [-0.25, -0.2) is 9.97 Å². The molecule has 1 amide bonds. The highest BCUT2D eigenvalue weighted by Crippen LogP contribution is 2.24. The van der Waals surface area contributed by atoms with E-state index in [1.165, 1.54) is 11.8 Å². The molecule has 5 heteroatoms. The van der Waals surface area contributed by atoms with E-state index in [1.54, 1.807) is 6.20 Å². The van der Waals surface area contributed by atoms with E-state index in [2.05, 4.69) is 46.6 Å². The Labute approximate surface area is 131 Å². The maximum absolute atomic E-state index is 11.8. The van der Waals surface area contributed by atoms with E-state index in [0.29, 0.717) is 18.1 Å². The van der Waals surface area contributed by atoms with Crippen LogP contribution >= 0.6 is 0 Å². The first-order chi connectivity index (χ1) is 10.7. The van der Waals surface area contributed by atoms with Crippen LogP contribution < -0.4 is 10.6 Å². The number of aryl methyl sites for hydroxylation is 2. The van der Waals surface area contributed by atoms with Crippen LogP contribution in [0, 0.1) is 6.92 Å². The number of nitrogens with one attached hydrogen (secondary N) is 2. The number of nitrogens with zero attached hydrogens (tertiary/aromatic N) is 2. The predicted octanol–water partition coefficient (Wildman–Crippen LogP) is 3.23. The molecule has 0 bridgehead atoms. The van der Waals surface area contributed by atoms with Gasteiger partial charge in [-0.05, 0) is 30.9 Å². The zero-order valence-electron chi connectivity index (χ0n) is 13.3. The minimum absolute atomic E-state index is 0.189. The van der Waals surface area contributed by atoms with E-state index in [1.807, 2.05) is 13.0 Å². The molecule has 0 saturated carbocycles. The number of hydrogen-bond donors (Lipinski definition) is 2. The zero-order valence-corrected chi connectivity index (χ0v) is 13.3. The molecule has 1 aromatic heterocycles. The topological polar surface area (TPSA) is 66.9 Å². The Morgan fingerprint density at radius 1 is 1.18 bits per heavy atom. The fourth-order valence-corrected chi connectivity index (χ4v) is 2.17. The molecule has 0 spiro atoms. The van der Waals surface area contributed by atoms with Crippen LogP contribution in [0.3, 0.4) is 0 Å². The summed E-state index contributed by atoms with van der Waals surface area (Å²) in [6.45, 7) is 6.82. The van der Waals surface area contributed by atoms with Gasteiger partial charge < -0.3 is 10.6 Å². The summed E-state index contributed by atoms with van der Waals surface area (Å²) in [4.78, 5) is 20.3. The third kappa shape index (κ3) is 3.81. The van der Waals surface area contributed by atoms with Crippen molar-refractivity contribution in [1.82, 2.24) is 15.3 Å². The van der Waals surface area contributed by atoms with Gasteiger partial charge in [0.1, 0.15) is 11.5 Å². The molecular formula is C17H22N4O. The molecule has 2 rings (SSSR count). The van der Waals surface area contributed by atoms with Gasteiger partial charge in [0.2, 0.25) is 0 Å². The summed E-state index contributed by atoms with van der Waals surface area (Å²) in [5, 5.41) is 6.08. The van der Waals surface area contributed by atoms with Crippen molar-refractivity contribution in [2.24, 2.45) is 0 Å². The SMILES string of the molecule is CCCNC(=O)c1cnc(Nc2c(C)cccc2CC)cn1. The normalized spacial score (nSPS) is 10.3. The molecule has 5 nitrogen and oxygen atoms in total. The predicted molar refractivity (Wildman–Crippen MR) is 88.5 cm³/mol. The molecule has 0 radical (unpaired) electrons. The van der Waals surface area contributed by atoms with Crippen molar-refractivity contribution in [3.63, 3.8) is 0 Å². The van der Waals surface area contributed by atoms with Crippen LogP contribution in [0.4, 0.5) is 11.5 Å². The molecule has 0 aliphatic rings. The first-order valence-electron chi connectivity index (χ1n) is 7.61. The second-order valence-electron chi connectivity index (χ2n) is 5.13. The summed E-state index contributed by atoms with van der Waals surface area (Å²) in [7, 11) is 0. The number of para-hydroxylation sites is 1. The van der Waals surface area contributed by atoms with Gasteiger partial charge in [-0.1, -0.05) is 32.0 Å². The second-order valence-corrected chi connectivity index (χ2v) is 5.13. The average molecular weight is 298 g/mol. The van der Waals surface area contributed by atoms with Crippen LogP contribution in [-0.4, -0.2) is 22.4 Å². The fraction of sp³-hybridized carbons (Fsp3) is 0.353. The lowest BCUT2D eigenvalue weighted by Crippen LogP contribution is -2.25. The highest BCUT2D eigenvalue weighted by Gasteiger charge is 2.09. The quantitative estimate of drug-likeness (QED) is 0.859. The van der Waals surface area contributed by atoms with Gasteiger partial charge in [-0.2, -0.15) is 0 Å². The van der Waals surface area contributed by atoms with Crippen LogP contribution in [0.1, 0.15) is 41.9 Å². The van der Waals surface area contributed by atoms with Crippen LogP contribution in [0.15, 0.2) is 30.6 Å². The van der Waals surface area contributed by atoms with Crippen LogP contribution in [0.2, 0.25) is 0 Å². The number of carbonyl (C=O) groups is 1. The molecular weight excluding hydrogens is 276 g/mol. The minimum Gasteiger partial charge on any atom is -0.351 e. The van der Waals surface area contributed by atoms with Gasteiger partial charge >= 0.3 is 0 Å². The van der Waals surface area contributed by atoms with Gasteiger partial charge in [0.05, 0.1) is 12.4 Å². The highest BCUT2D eigenvalue weighted by atomic mass is 16.1. The average Bonchev–Trinajstić information content (AvgIpc) is 2.55. The molecule has 0 atom stereocenters. The lowest BCUT2D eigenvalue weighted by atomic mass is 10.1. The van der Waals surface area contributed by atoms with Crippen molar-refractivity contribution in [3.05, 3.63) is 47.4 Å². The molecule has 0 unspecified atom stereocenters. The van der Waals surface area contributed by atoms with Crippen LogP contribution in [0.5, 0.6) is 0 Å². The van der Waals surface area contributed by atoms with Crippen molar-refractivity contribution in [2.45, 2.75) is 33.6 Å². The Morgan fingerprint density at radius 2 is 2.00 bits per heavy atom. The standard InChI is InChI=1S/C17H22N4O/c1-4-9-18-17(22)14-10-20-15(11-19-14)21-16-12(3)7-6-8-13(16)5-2/h6-8,10-11H,4-5,9H2,1-3H3,(H,18,22)(H,20,21). The van der Waals surface area contributed by atoms with Gasteiger partial charge in [-0.3, -0.25) is 4.79 Å². The summed E-state index contributed by atoms with van der Waals surface area (Å²) in [5.41, 5.74) is 3.78. The molecule has 1 heterocycles. The van der Waals surface area contributed by atoms with Crippen LogP contribution in [-0.2, 0) is 6.42 Å². The molecule has 0 aliphatic heterocycles. The molecule has 22 heavy (non-hydrogen) atoms. The van der Waals surface area contributed by atoms with Crippen molar-refractivity contribution < 1.29 is 4.79 Å². The van der Waals surface area contributed by atoms with E-state index in [-0.39, 0.29) is 5.91 Å². The molecule has 1 aromatic carbocycles. The molecule has 2 aromatic rings. The largest absolute Gasteiger partial charge is 0.351 e. The number of anilines is 2. The third-order valence-electron chi connectivity index (χ3n) is 3.41. The monoisotopic (exact) mass is 298 g/mol. The number of amides is 1. The van der Waals surface area contributed by atoms with Gasteiger partial charge in [0.15, 0.2) is 0 Å². The minimum atomic E-state index is -0.189. The summed E-state index contributed by atoms with van der Waals surface area (Å²) >= 11 is 0. The zero-order chi connectivity index (χ0) is 15.9. The van der Waals surface area contributed by atoms with Gasteiger partial charge in [-0.15, -0.1) is 0 Å². The van der Waals surface area contributed by atoms with E-state index in [4.69, 9.17) is 0 Å². The van der Waals surface area contributed by atoms with E-state index >= 15 is 0 Å². The number of rotatable bonds is 6. The fourth-order valence-electron chi connectivity index (χ4n) is 2.17. The Hall–Kier alpha value is -2.43. The summed E-state index contributed by atoms with van der Waals surface area (Å²) < 4.78 is 0. The smallest absolute Gasteiger partial charge is 0.271 e. The molecule has 0 fully saturated rings. The number of hydrogen-bond acceptors (Lipinski definition) is 4. The Balaban J connectivity index is 2.14. The first kappa shape index (κ1) is 15.9. The number of benzene rings is 1. The van der Waals surface area contributed by atoms with Crippen molar-refractivity contribution in [2.75, 3.05) is 11.9 Å². The second kappa shape index (κ2) is 7.54. The van der Waals surface area contributed by atoms with Crippen molar-refractivity contribution >= 4 is 17.4 Å². The first-order valence-corrected chi connectivity index (χ1v) is 7.61. The lowest BCUT2D eigenvalue weighted by Gasteiger charge is -2.13. The lowest BCUT2D eigenvalue weighted by molar-refractivity contribution is 0.0948. The van der Waals surface area contributed by atoms with E-state index in [9.17, 15) is 4.79 Å². The third-order valence-corrected chi connectivity index (χ3v) is 3.41. The van der Waals surface area contributed by atoms with Gasteiger partial charge in [0.25, 0.3) is 5.91 Å². The number of carbonyl (C=O) groups excluding carboxylic acids is 1. The van der Waals surface area contributed by atoms with E-state index < -0.39 is 0 Å². The Bertz CT molecular complexity index is 638. The summed E-state index contributed by atoms with van der Waals surface area (Å²) in [6.07, 6.45) is 4.92. The van der Waals surface area contributed by atoms with Crippen LogP contribution in [0.25, 0.3) is 0 Å². The maximum Gasteiger partial charge on any atom is 0.271 e. The summed E-state index contributed by atoms with van der Waals surface area (Å²) in [6, 6.07) is 6.20. The van der Waals surface area contributed by atoms with Gasteiger partial charge in [0, 0.05) is 12.2 Å². The summed E-state index contributed by atoms with van der Waals surface area (Å²) in [5.74, 6) is 0.446. The molecule has 116 valence electrons. The molecule has 0 aliphatic carbocycles. The molecule has 2 N–H and O–H groups in total. The Kier molecular flexibility index (Phi) is 5.47. The maximum atomic E-state index is 11.8. The van der Waals surface area contributed by atoms with E-state index in [0.717, 1.165) is 24.1 Å². The van der Waals surface area contributed by atoms with Crippen molar-refractivity contribution in [1.29, 1.82) is 0 Å². The highest BCUT2D eigenvalue weighted by molar-refractivity contribution is 5.92. The number of aromatic nitrogens is 2.